The van der Waals surface area contributed by atoms with Crippen molar-refractivity contribution in [1.82, 2.24) is 60.0 Å². The molecule has 0 N–H and O–H groups in total. The van der Waals surface area contributed by atoms with Crippen LogP contribution in [0, 0.1) is 27.7 Å². The maximum atomic E-state index is 5.32. The first-order chi connectivity index (χ1) is 27.3. The number of aromatic nitrogens is 12. The molecular weight excluding hydrogens is 745 g/mol. The number of nitrogens with zero attached hydrogens (tertiary/aromatic N) is 12. The molecule has 0 saturated heterocycles. The third-order valence-corrected chi connectivity index (χ3v) is 12.0. The summed E-state index contributed by atoms with van der Waals surface area (Å²) in [6.07, 6.45) is 3.60. The molecule has 0 spiro atoms. The Morgan fingerprint density at radius 1 is 0.536 bits per heavy atom. The summed E-state index contributed by atoms with van der Waals surface area (Å²) in [4.78, 5) is 3.17. The summed E-state index contributed by atoms with van der Waals surface area (Å²) < 4.78 is 14.5. The SMILES string of the molecule is COc1ccc(Cn2nnc(-c3cnn(-c4cccc(C)c4C)c3SSc3c(-c4nnn(Cc5ccc(OC)cc5)n4)cnn3-c3cccc(C)c3C)n2)cc1. The van der Waals surface area contributed by atoms with Gasteiger partial charge in [-0.25, -0.2) is 9.36 Å². The van der Waals surface area contributed by atoms with Crippen LogP contribution in [0.25, 0.3) is 34.2 Å². The Hall–Kier alpha value is -6.26. The number of ether oxygens (including phenoxy) is 2. The highest BCUT2D eigenvalue weighted by atomic mass is 33.1. The van der Waals surface area contributed by atoms with E-state index in [0.717, 1.165) is 77.4 Å². The van der Waals surface area contributed by atoms with E-state index in [1.54, 1.807) is 36.2 Å². The molecule has 0 aliphatic rings. The van der Waals surface area contributed by atoms with Gasteiger partial charge in [-0.3, -0.25) is 0 Å². The minimum Gasteiger partial charge on any atom is -0.497 e. The smallest absolute Gasteiger partial charge is 0.209 e. The molecule has 0 aliphatic carbocycles. The second-order valence-electron chi connectivity index (χ2n) is 13.1. The van der Waals surface area contributed by atoms with Crippen molar-refractivity contribution in [1.29, 1.82) is 0 Å². The second kappa shape index (κ2) is 15.8. The standard InChI is InChI=1S/C40H38N12O2S2/c1-25-9-7-11-35(27(25)3)51-39(33(21-41-51)37-43-47-49(45-37)23-29-13-17-31(53-5)18-14-29)55-56-40-34(22-42-52(40)36-12-8-10-26(2)28(36)4)38-44-48-50(46-38)24-30-15-19-32(54-6)20-16-30/h7-22H,23-24H2,1-6H3. The van der Waals surface area contributed by atoms with Crippen molar-refractivity contribution in [3.63, 3.8) is 0 Å². The average molecular weight is 783 g/mol. The number of rotatable bonds is 13. The van der Waals surface area contributed by atoms with Gasteiger partial charge in [-0.15, -0.1) is 20.4 Å². The molecule has 56 heavy (non-hydrogen) atoms. The zero-order valence-corrected chi connectivity index (χ0v) is 33.3. The van der Waals surface area contributed by atoms with Gasteiger partial charge in [0.1, 0.15) is 21.6 Å². The monoisotopic (exact) mass is 782 g/mol. The van der Waals surface area contributed by atoms with Crippen molar-refractivity contribution in [2.24, 2.45) is 0 Å². The molecule has 282 valence electrons. The fraction of sp³-hybridized carbons (Fsp3) is 0.200. The molecule has 8 aromatic rings. The van der Waals surface area contributed by atoms with Crippen molar-refractivity contribution in [3.8, 4) is 45.6 Å². The van der Waals surface area contributed by atoms with Crippen LogP contribution >= 0.6 is 21.6 Å². The molecule has 4 aromatic heterocycles. The lowest BCUT2D eigenvalue weighted by Crippen LogP contribution is -2.04. The Morgan fingerprint density at radius 3 is 1.34 bits per heavy atom. The predicted molar refractivity (Wildman–Crippen MR) is 216 cm³/mol. The predicted octanol–water partition coefficient (Wildman–Crippen LogP) is 7.51. The van der Waals surface area contributed by atoms with Gasteiger partial charge in [-0.2, -0.15) is 19.8 Å². The van der Waals surface area contributed by atoms with E-state index in [1.165, 1.54) is 21.6 Å². The minimum atomic E-state index is 0.448. The summed E-state index contributed by atoms with van der Waals surface area (Å²) >= 11 is 0. The molecule has 0 atom stereocenters. The normalized spacial score (nSPS) is 11.3. The number of methoxy groups -OCH3 is 2. The Balaban J connectivity index is 1.17. The number of hydrogen-bond donors (Lipinski definition) is 0. The molecular formula is C40H38N12O2S2. The van der Waals surface area contributed by atoms with Crippen molar-refractivity contribution in [2.75, 3.05) is 14.2 Å². The average Bonchev–Trinajstić information content (AvgIpc) is 4.04. The van der Waals surface area contributed by atoms with Gasteiger partial charge >= 0.3 is 0 Å². The van der Waals surface area contributed by atoms with Crippen LogP contribution in [0.1, 0.15) is 33.4 Å². The summed E-state index contributed by atoms with van der Waals surface area (Å²) in [5, 5.41) is 38.8. The first kappa shape index (κ1) is 36.7. The molecule has 4 heterocycles. The topological polar surface area (TPSA) is 141 Å². The van der Waals surface area contributed by atoms with Gasteiger partial charge < -0.3 is 9.47 Å². The molecule has 4 aromatic carbocycles. The van der Waals surface area contributed by atoms with Crippen LogP contribution in [0.15, 0.2) is 107 Å². The molecule has 8 rings (SSSR count). The number of tetrazole rings is 2. The van der Waals surface area contributed by atoms with E-state index in [2.05, 4.69) is 72.6 Å². The molecule has 0 unspecified atom stereocenters. The Kier molecular flexibility index (Phi) is 10.4. The number of benzene rings is 4. The van der Waals surface area contributed by atoms with Crippen molar-refractivity contribution >= 4 is 21.6 Å². The van der Waals surface area contributed by atoms with Gasteiger partial charge in [0.05, 0.1) is 62.2 Å². The zero-order chi connectivity index (χ0) is 38.8. The maximum absolute atomic E-state index is 5.32. The number of hydrogen-bond acceptors (Lipinski definition) is 12. The summed E-state index contributed by atoms with van der Waals surface area (Å²) in [6.45, 7) is 9.30. The van der Waals surface area contributed by atoms with Gasteiger partial charge in [0.15, 0.2) is 0 Å². The summed E-state index contributed by atoms with van der Waals surface area (Å²) in [7, 11) is 6.36. The molecule has 0 bridgehead atoms. The van der Waals surface area contributed by atoms with Crippen LogP contribution in [0.3, 0.4) is 0 Å². The fourth-order valence-corrected chi connectivity index (χ4v) is 8.61. The highest BCUT2D eigenvalue weighted by Crippen LogP contribution is 2.46. The quantitative estimate of drug-likeness (QED) is 0.107. The molecule has 0 amide bonds. The van der Waals surface area contributed by atoms with Crippen LogP contribution in [0.5, 0.6) is 11.5 Å². The molecule has 0 radical (unpaired) electrons. The van der Waals surface area contributed by atoms with Crippen LogP contribution < -0.4 is 9.47 Å². The second-order valence-corrected chi connectivity index (χ2v) is 15.2. The fourth-order valence-electron chi connectivity index (χ4n) is 6.12. The molecule has 0 aliphatic heterocycles. The van der Waals surface area contributed by atoms with Gasteiger partial charge in [0.2, 0.25) is 11.6 Å². The highest BCUT2D eigenvalue weighted by molar-refractivity contribution is 8.76. The lowest BCUT2D eigenvalue weighted by Gasteiger charge is -2.14. The van der Waals surface area contributed by atoms with Gasteiger partial charge in [0, 0.05) is 0 Å². The van der Waals surface area contributed by atoms with E-state index in [4.69, 9.17) is 29.9 Å². The molecule has 0 saturated carbocycles. The van der Waals surface area contributed by atoms with Gasteiger partial charge in [0.25, 0.3) is 0 Å². The van der Waals surface area contributed by atoms with E-state index in [0.29, 0.717) is 24.7 Å². The summed E-state index contributed by atoms with van der Waals surface area (Å²) in [5.41, 5.74) is 9.98. The third-order valence-electron chi connectivity index (χ3n) is 9.61. The van der Waals surface area contributed by atoms with Gasteiger partial charge in [-0.05, 0) is 129 Å². The lowest BCUT2D eigenvalue weighted by atomic mass is 10.1. The van der Waals surface area contributed by atoms with E-state index in [9.17, 15) is 0 Å². The maximum Gasteiger partial charge on any atom is 0.209 e. The van der Waals surface area contributed by atoms with E-state index < -0.39 is 0 Å². The first-order valence-corrected chi connectivity index (χ1v) is 19.9. The van der Waals surface area contributed by atoms with Crippen LogP contribution in [0.4, 0.5) is 0 Å². The van der Waals surface area contributed by atoms with Crippen LogP contribution in [0.2, 0.25) is 0 Å². The Bertz CT molecular complexity index is 2450. The summed E-state index contributed by atoms with van der Waals surface area (Å²) in [5.74, 6) is 2.50. The number of aryl methyl sites for hydroxylation is 2. The third kappa shape index (κ3) is 7.40. The van der Waals surface area contributed by atoms with E-state index in [-0.39, 0.29) is 0 Å². The Morgan fingerprint density at radius 2 is 0.946 bits per heavy atom. The van der Waals surface area contributed by atoms with Crippen molar-refractivity contribution in [3.05, 3.63) is 131 Å². The minimum absolute atomic E-state index is 0.448. The summed E-state index contributed by atoms with van der Waals surface area (Å²) in [6, 6.07) is 28.0. The zero-order valence-electron chi connectivity index (χ0n) is 31.7. The van der Waals surface area contributed by atoms with E-state index in [1.807, 2.05) is 70.0 Å². The van der Waals surface area contributed by atoms with Gasteiger partial charge in [-0.1, -0.05) is 48.5 Å². The first-order valence-electron chi connectivity index (χ1n) is 17.8. The van der Waals surface area contributed by atoms with E-state index >= 15 is 0 Å². The molecule has 14 nitrogen and oxygen atoms in total. The molecule has 16 heteroatoms. The van der Waals surface area contributed by atoms with Crippen molar-refractivity contribution < 1.29 is 9.47 Å². The van der Waals surface area contributed by atoms with Crippen LogP contribution in [-0.4, -0.2) is 74.2 Å². The van der Waals surface area contributed by atoms with Crippen LogP contribution in [-0.2, 0) is 13.1 Å². The molecule has 0 fully saturated rings. The lowest BCUT2D eigenvalue weighted by molar-refractivity contribution is 0.414. The highest BCUT2D eigenvalue weighted by Gasteiger charge is 2.25. The Labute approximate surface area is 331 Å². The largest absolute Gasteiger partial charge is 0.497 e. The van der Waals surface area contributed by atoms with Crippen molar-refractivity contribution in [2.45, 2.75) is 50.8 Å².